The van der Waals surface area contributed by atoms with E-state index in [0.717, 1.165) is 82.0 Å². The molecule has 0 spiro atoms. The van der Waals surface area contributed by atoms with Crippen molar-refractivity contribution in [2.24, 2.45) is 4.99 Å². The normalized spacial score (nSPS) is 18.6. The lowest BCUT2D eigenvalue weighted by atomic mass is 10.2. The minimum Gasteiger partial charge on any atom is -0.288 e. The first-order valence-electron chi connectivity index (χ1n) is 10.9. The molecule has 0 saturated heterocycles. The van der Waals surface area contributed by atoms with E-state index in [9.17, 15) is 16.8 Å². The minimum absolute atomic E-state index is 0.836. The molecule has 0 unspecified atom stereocenters. The van der Waals surface area contributed by atoms with Gasteiger partial charge in [-0.1, -0.05) is 0 Å². The number of nitrogens with zero attached hydrogens (tertiary/aromatic N) is 5. The average molecular weight is 480 g/mol. The Labute approximate surface area is 189 Å². The van der Waals surface area contributed by atoms with Gasteiger partial charge in [-0.05, 0) is 80.1 Å². The minimum atomic E-state index is -3.18. The molecule has 0 fully saturated rings. The molecule has 3 heterocycles. The van der Waals surface area contributed by atoms with Crippen LogP contribution in [-0.4, -0.2) is 60.5 Å². The molecule has 4 aliphatic rings. The second kappa shape index (κ2) is 8.93. The van der Waals surface area contributed by atoms with Gasteiger partial charge >= 0.3 is 0 Å². The van der Waals surface area contributed by atoms with Crippen molar-refractivity contribution in [3.05, 3.63) is 46.1 Å². The molecule has 0 radical (unpaired) electrons. The van der Waals surface area contributed by atoms with Crippen LogP contribution >= 0.6 is 0 Å². The topological polar surface area (TPSA) is 116 Å². The van der Waals surface area contributed by atoms with Crippen LogP contribution in [0.2, 0.25) is 0 Å². The molecule has 0 atom stereocenters. The maximum Gasteiger partial charge on any atom is 0.251 e. The van der Waals surface area contributed by atoms with E-state index >= 15 is 0 Å². The Balaban J connectivity index is 0.000000117. The van der Waals surface area contributed by atoms with Crippen molar-refractivity contribution in [1.82, 2.24) is 18.4 Å². The molecule has 1 aliphatic heterocycles. The number of hydrogen-bond donors (Lipinski definition) is 0. The Bertz CT molecular complexity index is 1260. The molecule has 0 aromatic carbocycles. The molecule has 2 aromatic rings. The number of fused-ring (bicyclic) bond motifs is 2. The Morgan fingerprint density at radius 1 is 0.844 bits per heavy atom. The van der Waals surface area contributed by atoms with Crippen LogP contribution in [0.3, 0.4) is 0 Å². The van der Waals surface area contributed by atoms with Gasteiger partial charge in [0.2, 0.25) is 0 Å². The van der Waals surface area contributed by atoms with Crippen molar-refractivity contribution in [3.63, 3.8) is 0 Å². The predicted molar refractivity (Wildman–Crippen MR) is 123 cm³/mol. The number of hydrogen-bond acceptors (Lipinski definition) is 7. The first-order valence-corrected chi connectivity index (χ1v) is 14.6. The zero-order chi connectivity index (χ0) is 22.9. The molecule has 9 nitrogen and oxygen atoms in total. The van der Waals surface area contributed by atoms with E-state index in [2.05, 4.69) is 15.2 Å². The lowest BCUT2D eigenvalue weighted by Gasteiger charge is -2.00. The summed E-state index contributed by atoms with van der Waals surface area (Å²) < 4.78 is 46.6. The highest BCUT2D eigenvalue weighted by Gasteiger charge is 2.21. The fourth-order valence-electron chi connectivity index (χ4n) is 4.47. The Morgan fingerprint density at radius 2 is 1.56 bits per heavy atom. The van der Waals surface area contributed by atoms with E-state index in [-0.39, 0.29) is 0 Å². The van der Waals surface area contributed by atoms with Gasteiger partial charge in [0, 0.05) is 12.4 Å². The average Bonchev–Trinajstić information content (AvgIpc) is 3.48. The Hall–Kier alpha value is -2.27. The first-order chi connectivity index (χ1) is 15.1. The van der Waals surface area contributed by atoms with Crippen LogP contribution in [0.4, 0.5) is 0 Å². The molecular weight excluding hydrogens is 450 g/mol. The van der Waals surface area contributed by atoms with Crippen LogP contribution in [0.1, 0.15) is 54.6 Å². The van der Waals surface area contributed by atoms with E-state index in [1.807, 2.05) is 6.21 Å². The summed E-state index contributed by atoms with van der Waals surface area (Å²) in [6, 6.07) is 0. The van der Waals surface area contributed by atoms with Gasteiger partial charge in [-0.25, -0.2) is 16.8 Å². The highest BCUT2D eigenvalue weighted by atomic mass is 32.2. The summed E-state index contributed by atoms with van der Waals surface area (Å²) in [4.78, 5) is 4.17. The molecular formula is C21H29N5O4S2. The third-order valence-electron chi connectivity index (χ3n) is 6.06. The molecule has 2 aromatic heterocycles. The van der Waals surface area contributed by atoms with Crippen LogP contribution in [0.5, 0.6) is 0 Å². The Kier molecular flexibility index (Phi) is 6.39. The zero-order valence-corrected chi connectivity index (χ0v) is 20.1. The highest BCUT2D eigenvalue weighted by Crippen LogP contribution is 2.27. The van der Waals surface area contributed by atoms with E-state index in [0.29, 0.717) is 0 Å². The monoisotopic (exact) mass is 479 g/mol. The number of aliphatic imine (C=N–C) groups is 1. The van der Waals surface area contributed by atoms with Gasteiger partial charge in [0.1, 0.15) is 0 Å². The van der Waals surface area contributed by atoms with Gasteiger partial charge in [0.25, 0.3) is 20.0 Å². The van der Waals surface area contributed by atoms with Gasteiger partial charge in [-0.2, -0.15) is 18.4 Å². The first kappa shape index (κ1) is 22.9. The van der Waals surface area contributed by atoms with Crippen LogP contribution in [0.25, 0.3) is 0 Å². The predicted octanol–water partition coefficient (Wildman–Crippen LogP) is 1.91. The number of aryl methyl sites for hydroxylation is 3. The van der Waals surface area contributed by atoms with E-state index in [4.69, 9.17) is 0 Å². The maximum absolute atomic E-state index is 11.2. The summed E-state index contributed by atoms with van der Waals surface area (Å²) in [5.41, 5.74) is 7.12. The van der Waals surface area contributed by atoms with Crippen LogP contribution in [0.15, 0.2) is 28.5 Å². The smallest absolute Gasteiger partial charge is 0.251 e. The van der Waals surface area contributed by atoms with Crippen molar-refractivity contribution < 1.29 is 16.8 Å². The largest absolute Gasteiger partial charge is 0.288 e. The van der Waals surface area contributed by atoms with Crippen molar-refractivity contribution in [3.8, 4) is 0 Å². The highest BCUT2D eigenvalue weighted by molar-refractivity contribution is 7.89. The molecule has 0 bridgehead atoms. The molecule has 174 valence electrons. The molecule has 6 rings (SSSR count). The van der Waals surface area contributed by atoms with E-state index < -0.39 is 20.0 Å². The van der Waals surface area contributed by atoms with Crippen LogP contribution in [-0.2, 0) is 45.7 Å². The van der Waals surface area contributed by atoms with Crippen molar-refractivity contribution in [2.45, 2.75) is 57.8 Å². The quantitative estimate of drug-likeness (QED) is 0.650. The molecule has 11 heteroatoms. The molecule has 0 amide bonds. The maximum atomic E-state index is 11.2. The van der Waals surface area contributed by atoms with Crippen molar-refractivity contribution in [1.29, 1.82) is 0 Å². The summed E-state index contributed by atoms with van der Waals surface area (Å²) >= 11 is 0. The lowest BCUT2D eigenvalue weighted by Crippen LogP contribution is -2.14. The van der Waals surface area contributed by atoms with Gasteiger partial charge < -0.3 is 0 Å². The number of allylic oxidation sites excluding steroid dienone is 1. The summed E-state index contributed by atoms with van der Waals surface area (Å²) in [7, 11) is -6.35. The SMILES string of the molecule is C1=NCC2=C1CCC2.CS(=O)(=O)n1cc2c(n1)CCC2.CS(=O)(=O)n1ncc2c1CCC2. The number of rotatable bonds is 2. The molecule has 32 heavy (non-hydrogen) atoms. The standard InChI is InChI=1S/2C7H10N2O2S.C7H9N/c1-12(10,11)9-5-6-3-2-4-7(6)8-9;1-12(10,11)9-7-4-2-3-6(7)5-8-9;1-2-6-4-8-5-7(6)3-1/h2*5H,2-4H2,1H3;4H,1-3,5H2. The summed E-state index contributed by atoms with van der Waals surface area (Å²) in [6.07, 6.45) is 17.5. The molecule has 0 N–H and O–H groups in total. The van der Waals surface area contributed by atoms with Crippen molar-refractivity contribution in [2.75, 3.05) is 19.1 Å². The summed E-state index contributed by atoms with van der Waals surface area (Å²) in [6.45, 7) is 1.01. The second-order valence-corrected chi connectivity index (χ2v) is 12.3. The zero-order valence-electron chi connectivity index (χ0n) is 18.5. The van der Waals surface area contributed by atoms with E-state index in [1.54, 1.807) is 18.0 Å². The second-order valence-electron chi connectivity index (χ2n) is 8.62. The molecule has 0 saturated carbocycles. The fourth-order valence-corrected chi connectivity index (χ4v) is 5.87. The van der Waals surface area contributed by atoms with Gasteiger partial charge in [0.15, 0.2) is 0 Å². The van der Waals surface area contributed by atoms with E-state index in [1.165, 1.54) is 31.1 Å². The van der Waals surface area contributed by atoms with Gasteiger partial charge in [0.05, 0.1) is 36.6 Å². The molecule has 3 aliphatic carbocycles. The van der Waals surface area contributed by atoms with Gasteiger partial charge in [-0.3, -0.25) is 4.99 Å². The third kappa shape index (κ3) is 5.03. The fraction of sp³-hybridized carbons (Fsp3) is 0.571. The third-order valence-corrected chi connectivity index (χ3v) is 7.87. The van der Waals surface area contributed by atoms with Gasteiger partial charge in [-0.15, -0.1) is 0 Å². The summed E-state index contributed by atoms with van der Waals surface area (Å²) in [5, 5.41) is 7.83. The van der Waals surface area contributed by atoms with Crippen LogP contribution < -0.4 is 0 Å². The van der Waals surface area contributed by atoms with Crippen LogP contribution in [0, 0.1) is 0 Å². The van der Waals surface area contributed by atoms with Crippen molar-refractivity contribution >= 4 is 26.3 Å². The summed E-state index contributed by atoms with van der Waals surface area (Å²) in [5.74, 6) is 0. The Morgan fingerprint density at radius 3 is 2.25 bits per heavy atom. The lowest BCUT2D eigenvalue weighted by molar-refractivity contribution is 0.582. The number of aromatic nitrogens is 4.